The van der Waals surface area contributed by atoms with Gasteiger partial charge in [0.1, 0.15) is 17.1 Å². The zero-order valence-electron chi connectivity index (χ0n) is 13.5. The van der Waals surface area contributed by atoms with E-state index in [0.717, 1.165) is 0 Å². The van der Waals surface area contributed by atoms with Crippen molar-refractivity contribution >= 4 is 22.9 Å². The van der Waals surface area contributed by atoms with Gasteiger partial charge in [-0.05, 0) is 19.4 Å². The molecule has 0 saturated carbocycles. The van der Waals surface area contributed by atoms with Crippen molar-refractivity contribution in [3.63, 3.8) is 0 Å². The Balaban J connectivity index is 2.74. The third-order valence-electron chi connectivity index (χ3n) is 3.40. The van der Waals surface area contributed by atoms with Gasteiger partial charge in [0.2, 0.25) is 0 Å². The average Bonchev–Trinajstić information content (AvgIpc) is 2.50. The van der Waals surface area contributed by atoms with E-state index in [4.69, 9.17) is 13.9 Å². The summed E-state index contributed by atoms with van der Waals surface area (Å²) in [6.45, 7) is 6.73. The first-order chi connectivity index (χ1) is 10.9. The lowest BCUT2D eigenvalue weighted by Crippen LogP contribution is -2.10. The van der Waals surface area contributed by atoms with Gasteiger partial charge in [0.15, 0.2) is 0 Å². The van der Waals surface area contributed by atoms with Crippen LogP contribution in [0.1, 0.15) is 37.8 Å². The monoisotopic (exact) mass is 318 g/mol. The van der Waals surface area contributed by atoms with Crippen molar-refractivity contribution in [3.8, 4) is 11.5 Å². The molecular weight excluding hydrogens is 300 g/mol. The van der Waals surface area contributed by atoms with E-state index in [1.54, 1.807) is 27.7 Å². The van der Waals surface area contributed by atoms with Crippen molar-refractivity contribution in [2.24, 2.45) is 0 Å². The number of hydrogen-bond donors (Lipinski definition) is 0. The second-order valence-corrected chi connectivity index (χ2v) is 5.11. The summed E-state index contributed by atoms with van der Waals surface area (Å²) >= 11 is 0. The fourth-order valence-corrected chi connectivity index (χ4v) is 2.17. The number of carbonyl (C=O) groups excluding carboxylic acids is 2. The highest BCUT2D eigenvalue weighted by Crippen LogP contribution is 2.37. The van der Waals surface area contributed by atoms with Crippen LogP contribution in [0.5, 0.6) is 11.5 Å². The van der Waals surface area contributed by atoms with Crippen molar-refractivity contribution in [2.75, 3.05) is 0 Å². The van der Waals surface area contributed by atoms with Crippen LogP contribution >= 0.6 is 0 Å². The van der Waals surface area contributed by atoms with Crippen molar-refractivity contribution in [1.29, 1.82) is 0 Å². The quantitative estimate of drug-likeness (QED) is 0.489. The molecule has 0 radical (unpaired) electrons. The van der Waals surface area contributed by atoms with Gasteiger partial charge in [-0.3, -0.25) is 9.59 Å². The Morgan fingerprint density at radius 1 is 1.00 bits per heavy atom. The molecule has 0 aliphatic rings. The average molecular weight is 318 g/mol. The molecule has 0 N–H and O–H groups in total. The zero-order chi connectivity index (χ0) is 17.1. The van der Waals surface area contributed by atoms with Crippen LogP contribution in [0.3, 0.4) is 0 Å². The lowest BCUT2D eigenvalue weighted by Gasteiger charge is -2.14. The van der Waals surface area contributed by atoms with Crippen molar-refractivity contribution < 1.29 is 23.5 Å². The second-order valence-electron chi connectivity index (χ2n) is 5.11. The second kappa shape index (κ2) is 6.64. The Bertz CT molecular complexity index is 831. The lowest BCUT2D eigenvalue weighted by molar-refractivity contribution is -0.134. The predicted molar refractivity (Wildman–Crippen MR) is 83.8 cm³/mol. The Kier molecular flexibility index (Phi) is 4.83. The maximum absolute atomic E-state index is 11.7. The molecule has 6 nitrogen and oxygen atoms in total. The number of fused-ring (bicyclic) bond motifs is 1. The minimum atomic E-state index is -0.523. The topological polar surface area (TPSA) is 82.8 Å². The number of ether oxygens (including phenoxy) is 2. The minimum Gasteiger partial charge on any atom is -0.426 e. The van der Waals surface area contributed by atoms with Gasteiger partial charge in [-0.1, -0.05) is 13.8 Å². The van der Waals surface area contributed by atoms with Crippen molar-refractivity contribution in [3.05, 3.63) is 33.7 Å². The molecule has 0 aliphatic heterocycles. The molecular formula is C17H18O6. The molecule has 0 atom stereocenters. The fraction of sp³-hybridized carbons (Fsp3) is 0.353. The van der Waals surface area contributed by atoms with Crippen LogP contribution in [0.15, 0.2) is 21.3 Å². The van der Waals surface area contributed by atoms with Gasteiger partial charge < -0.3 is 13.9 Å². The summed E-state index contributed by atoms with van der Waals surface area (Å²) < 4.78 is 15.8. The molecule has 0 aliphatic carbocycles. The van der Waals surface area contributed by atoms with Gasteiger partial charge in [0.05, 0.1) is 5.39 Å². The maximum Gasteiger partial charge on any atom is 0.336 e. The Labute approximate surface area is 133 Å². The molecule has 0 unspecified atom stereocenters. The molecule has 122 valence electrons. The van der Waals surface area contributed by atoms with E-state index in [1.807, 2.05) is 0 Å². The van der Waals surface area contributed by atoms with Gasteiger partial charge in [0.25, 0.3) is 0 Å². The number of aryl methyl sites for hydroxylation is 2. The molecule has 1 aromatic heterocycles. The number of rotatable bonds is 4. The van der Waals surface area contributed by atoms with Crippen molar-refractivity contribution in [2.45, 2.75) is 40.5 Å². The molecule has 6 heteroatoms. The summed E-state index contributed by atoms with van der Waals surface area (Å²) in [6.07, 6.45) is 0.384. The Morgan fingerprint density at radius 2 is 1.57 bits per heavy atom. The van der Waals surface area contributed by atoms with E-state index in [0.29, 0.717) is 16.5 Å². The minimum absolute atomic E-state index is 0.190. The highest BCUT2D eigenvalue weighted by molar-refractivity contribution is 5.93. The van der Waals surface area contributed by atoms with Crippen LogP contribution in [0.4, 0.5) is 0 Å². The fourth-order valence-electron chi connectivity index (χ4n) is 2.17. The summed E-state index contributed by atoms with van der Waals surface area (Å²) in [5, 5.41) is 0.514. The molecule has 1 heterocycles. The predicted octanol–water partition coefficient (Wildman–Crippen LogP) is 3.04. The summed E-state index contributed by atoms with van der Waals surface area (Å²) in [5.74, 6) is -0.460. The number of benzene rings is 1. The van der Waals surface area contributed by atoms with Gasteiger partial charge in [0, 0.05) is 30.5 Å². The van der Waals surface area contributed by atoms with Crippen molar-refractivity contribution in [1.82, 2.24) is 0 Å². The lowest BCUT2D eigenvalue weighted by atomic mass is 10.1. The maximum atomic E-state index is 11.7. The van der Waals surface area contributed by atoms with Gasteiger partial charge >= 0.3 is 17.6 Å². The molecule has 0 saturated heterocycles. The largest absolute Gasteiger partial charge is 0.426 e. The van der Waals surface area contributed by atoms with E-state index in [1.165, 1.54) is 12.1 Å². The van der Waals surface area contributed by atoms with E-state index in [2.05, 4.69) is 0 Å². The SMILES string of the molecule is CCC(=O)Oc1cc(OC(=O)CC)c2c(C)cc(=O)oc2c1C. The summed E-state index contributed by atoms with van der Waals surface area (Å²) in [6, 6.07) is 2.80. The Morgan fingerprint density at radius 3 is 2.13 bits per heavy atom. The molecule has 1 aromatic carbocycles. The van der Waals surface area contributed by atoms with Gasteiger partial charge in [-0.2, -0.15) is 0 Å². The van der Waals surface area contributed by atoms with E-state index in [-0.39, 0.29) is 29.9 Å². The number of carbonyl (C=O) groups is 2. The Hall–Kier alpha value is -2.63. The first-order valence-corrected chi connectivity index (χ1v) is 7.36. The number of esters is 2. The third kappa shape index (κ3) is 3.41. The molecule has 2 rings (SSSR count). The first-order valence-electron chi connectivity index (χ1n) is 7.36. The van der Waals surface area contributed by atoms with E-state index in [9.17, 15) is 14.4 Å². The molecule has 0 amide bonds. The standard InChI is InChI=1S/C17H18O6/c1-5-13(18)21-11-8-12(22-14(19)6-2)16-9(3)7-15(20)23-17(16)10(11)4/h7-8H,5-6H2,1-4H3. The van der Waals surface area contributed by atoms with Crippen LogP contribution < -0.4 is 15.1 Å². The van der Waals surface area contributed by atoms with Crippen LogP contribution in [0.2, 0.25) is 0 Å². The van der Waals surface area contributed by atoms with Crippen LogP contribution in [-0.2, 0) is 9.59 Å². The van der Waals surface area contributed by atoms with Crippen LogP contribution in [0.25, 0.3) is 11.0 Å². The molecule has 23 heavy (non-hydrogen) atoms. The smallest absolute Gasteiger partial charge is 0.336 e. The van der Waals surface area contributed by atoms with Gasteiger partial charge in [-0.25, -0.2) is 4.79 Å². The zero-order valence-corrected chi connectivity index (χ0v) is 13.5. The van der Waals surface area contributed by atoms with Crippen LogP contribution in [0, 0.1) is 13.8 Å². The molecule has 2 aromatic rings. The summed E-state index contributed by atoms with van der Waals surface area (Å²) in [5.41, 5.74) is 0.839. The molecule has 0 fully saturated rings. The first kappa shape index (κ1) is 16.7. The van der Waals surface area contributed by atoms with E-state index >= 15 is 0 Å². The normalized spacial score (nSPS) is 10.6. The highest BCUT2D eigenvalue weighted by atomic mass is 16.5. The summed E-state index contributed by atoms with van der Waals surface area (Å²) in [7, 11) is 0. The number of hydrogen-bond acceptors (Lipinski definition) is 6. The highest BCUT2D eigenvalue weighted by Gasteiger charge is 2.19. The molecule has 0 spiro atoms. The van der Waals surface area contributed by atoms with Crippen LogP contribution in [-0.4, -0.2) is 11.9 Å². The van der Waals surface area contributed by atoms with E-state index < -0.39 is 17.6 Å². The molecule has 0 bridgehead atoms. The van der Waals surface area contributed by atoms with Gasteiger partial charge in [-0.15, -0.1) is 0 Å². The summed E-state index contributed by atoms with van der Waals surface area (Å²) in [4.78, 5) is 34.9. The third-order valence-corrected chi connectivity index (χ3v) is 3.40.